The van der Waals surface area contributed by atoms with Gasteiger partial charge in [0, 0.05) is 30.4 Å². The van der Waals surface area contributed by atoms with E-state index in [1.807, 2.05) is 42.2 Å². The predicted molar refractivity (Wildman–Crippen MR) is 111 cm³/mol. The molecule has 2 aromatic heterocycles. The standard InChI is InChI=1S/C21H21N5O4/c1-14-6-7-18(26(27)28)20(22-14)25-10-8-15(9-11-25)12-19-23-21(30-24-19)16-4-3-5-17(13-16)29-2/h3-7,12-13H,8-11H2,1-2H3. The van der Waals surface area contributed by atoms with Gasteiger partial charge in [0.1, 0.15) is 5.75 Å². The van der Waals surface area contributed by atoms with Gasteiger partial charge in [0.25, 0.3) is 5.89 Å². The highest BCUT2D eigenvalue weighted by atomic mass is 16.6. The van der Waals surface area contributed by atoms with Gasteiger partial charge in [-0.1, -0.05) is 16.8 Å². The van der Waals surface area contributed by atoms with Gasteiger partial charge >= 0.3 is 5.69 Å². The second kappa shape index (κ2) is 8.32. The van der Waals surface area contributed by atoms with Gasteiger partial charge in [0.15, 0.2) is 5.82 Å². The van der Waals surface area contributed by atoms with Crippen LogP contribution in [0.1, 0.15) is 24.4 Å². The summed E-state index contributed by atoms with van der Waals surface area (Å²) in [6, 6.07) is 10.6. The Kier molecular flexibility index (Phi) is 5.42. The Morgan fingerprint density at radius 2 is 2.00 bits per heavy atom. The topological polar surface area (TPSA) is 107 Å². The van der Waals surface area contributed by atoms with Gasteiger partial charge in [0.05, 0.1) is 12.0 Å². The van der Waals surface area contributed by atoms with Crippen LogP contribution in [0, 0.1) is 17.0 Å². The summed E-state index contributed by atoms with van der Waals surface area (Å²) in [5, 5.41) is 15.4. The van der Waals surface area contributed by atoms with Crippen molar-refractivity contribution >= 4 is 17.6 Å². The molecule has 0 aliphatic carbocycles. The highest BCUT2D eigenvalue weighted by Gasteiger charge is 2.24. The van der Waals surface area contributed by atoms with E-state index in [4.69, 9.17) is 9.26 Å². The first-order valence-corrected chi connectivity index (χ1v) is 9.58. The number of hydrogen-bond acceptors (Lipinski definition) is 8. The number of piperidine rings is 1. The number of methoxy groups -OCH3 is 1. The fourth-order valence-corrected chi connectivity index (χ4v) is 3.41. The lowest BCUT2D eigenvalue weighted by Gasteiger charge is -2.29. The second-order valence-electron chi connectivity index (χ2n) is 7.03. The van der Waals surface area contributed by atoms with Crippen LogP contribution < -0.4 is 9.64 Å². The summed E-state index contributed by atoms with van der Waals surface area (Å²) < 4.78 is 10.6. The molecule has 30 heavy (non-hydrogen) atoms. The van der Waals surface area contributed by atoms with Gasteiger partial charge in [-0.15, -0.1) is 0 Å². The van der Waals surface area contributed by atoms with Crippen LogP contribution in [-0.2, 0) is 0 Å². The van der Waals surface area contributed by atoms with Gasteiger partial charge in [-0.25, -0.2) is 4.98 Å². The number of nitrogens with zero attached hydrogens (tertiary/aromatic N) is 5. The van der Waals surface area contributed by atoms with Crippen LogP contribution in [0.25, 0.3) is 17.5 Å². The molecular weight excluding hydrogens is 386 g/mol. The average Bonchev–Trinajstić information content (AvgIpc) is 3.22. The van der Waals surface area contributed by atoms with Crippen LogP contribution in [0.3, 0.4) is 0 Å². The molecule has 154 valence electrons. The van der Waals surface area contributed by atoms with Crippen LogP contribution in [0.4, 0.5) is 11.5 Å². The number of benzene rings is 1. The Labute approximate surface area is 173 Å². The van der Waals surface area contributed by atoms with Crippen LogP contribution in [0.5, 0.6) is 5.75 Å². The van der Waals surface area contributed by atoms with E-state index in [1.165, 1.54) is 11.6 Å². The monoisotopic (exact) mass is 407 g/mol. The second-order valence-corrected chi connectivity index (χ2v) is 7.03. The molecule has 0 atom stereocenters. The summed E-state index contributed by atoms with van der Waals surface area (Å²) in [5.74, 6) is 2.09. The van der Waals surface area contributed by atoms with Crippen LogP contribution in [0.2, 0.25) is 0 Å². The van der Waals surface area contributed by atoms with E-state index in [0.29, 0.717) is 30.6 Å². The molecule has 1 aliphatic rings. The smallest absolute Gasteiger partial charge is 0.311 e. The minimum Gasteiger partial charge on any atom is -0.497 e. The van der Waals surface area contributed by atoms with Gasteiger partial charge in [0.2, 0.25) is 5.82 Å². The molecule has 9 nitrogen and oxygen atoms in total. The molecule has 1 fully saturated rings. The van der Waals surface area contributed by atoms with Crippen molar-refractivity contribution in [2.24, 2.45) is 0 Å². The van der Waals surface area contributed by atoms with Crippen LogP contribution in [0.15, 0.2) is 46.5 Å². The molecule has 0 radical (unpaired) electrons. The zero-order chi connectivity index (χ0) is 21.1. The largest absolute Gasteiger partial charge is 0.497 e. The highest BCUT2D eigenvalue weighted by Crippen LogP contribution is 2.30. The molecule has 1 aliphatic heterocycles. The molecule has 0 N–H and O–H groups in total. The molecule has 1 aromatic carbocycles. The lowest BCUT2D eigenvalue weighted by Crippen LogP contribution is -2.32. The maximum Gasteiger partial charge on any atom is 0.311 e. The number of hydrogen-bond donors (Lipinski definition) is 0. The molecule has 0 saturated carbocycles. The van der Waals surface area contributed by atoms with Crippen LogP contribution >= 0.6 is 0 Å². The summed E-state index contributed by atoms with van der Waals surface area (Å²) in [5.41, 5.74) is 2.75. The van der Waals surface area contributed by atoms with Crippen molar-refractivity contribution in [1.82, 2.24) is 15.1 Å². The van der Waals surface area contributed by atoms with Gasteiger partial charge < -0.3 is 14.2 Å². The number of nitro groups is 1. The maximum atomic E-state index is 11.3. The third kappa shape index (κ3) is 4.14. The summed E-state index contributed by atoms with van der Waals surface area (Å²) in [7, 11) is 1.61. The average molecular weight is 407 g/mol. The summed E-state index contributed by atoms with van der Waals surface area (Å²) >= 11 is 0. The Morgan fingerprint density at radius 1 is 1.20 bits per heavy atom. The van der Waals surface area contributed by atoms with E-state index >= 15 is 0 Å². The number of aromatic nitrogens is 3. The maximum absolute atomic E-state index is 11.3. The van der Waals surface area contributed by atoms with Crippen molar-refractivity contribution in [2.45, 2.75) is 19.8 Å². The highest BCUT2D eigenvalue weighted by molar-refractivity contribution is 5.60. The Balaban J connectivity index is 1.47. The predicted octanol–water partition coefficient (Wildman–Crippen LogP) is 4.04. The molecule has 9 heteroatoms. The molecule has 0 bridgehead atoms. The molecular formula is C21H21N5O4. The zero-order valence-electron chi connectivity index (χ0n) is 16.7. The van der Waals surface area contributed by atoms with Crippen molar-refractivity contribution in [1.29, 1.82) is 0 Å². The Hall–Kier alpha value is -3.75. The summed E-state index contributed by atoms with van der Waals surface area (Å²) in [6.45, 7) is 3.12. The first-order chi connectivity index (χ1) is 14.5. The third-order valence-corrected chi connectivity index (χ3v) is 4.99. The number of anilines is 1. The van der Waals surface area contributed by atoms with E-state index in [9.17, 15) is 10.1 Å². The minimum atomic E-state index is -0.382. The van der Waals surface area contributed by atoms with E-state index < -0.39 is 0 Å². The molecule has 0 unspecified atom stereocenters. The number of aryl methyl sites for hydroxylation is 1. The van der Waals surface area contributed by atoms with E-state index in [1.54, 1.807) is 13.2 Å². The Morgan fingerprint density at radius 3 is 2.73 bits per heavy atom. The first kappa shape index (κ1) is 19.6. The van der Waals surface area contributed by atoms with Gasteiger partial charge in [-0.2, -0.15) is 4.98 Å². The van der Waals surface area contributed by atoms with Crippen molar-refractivity contribution in [3.8, 4) is 17.2 Å². The Bertz CT molecular complexity index is 1100. The zero-order valence-corrected chi connectivity index (χ0v) is 16.7. The van der Waals surface area contributed by atoms with E-state index in [-0.39, 0.29) is 10.6 Å². The summed E-state index contributed by atoms with van der Waals surface area (Å²) in [6.07, 6.45) is 3.41. The van der Waals surface area contributed by atoms with Crippen molar-refractivity contribution < 1.29 is 14.2 Å². The first-order valence-electron chi connectivity index (χ1n) is 9.58. The molecule has 0 spiro atoms. The van der Waals surface area contributed by atoms with Crippen molar-refractivity contribution in [3.63, 3.8) is 0 Å². The van der Waals surface area contributed by atoms with Crippen LogP contribution in [-0.4, -0.2) is 40.2 Å². The van der Waals surface area contributed by atoms with Crippen molar-refractivity contribution in [2.75, 3.05) is 25.1 Å². The molecule has 1 saturated heterocycles. The SMILES string of the molecule is COc1cccc(-c2nc(C=C3CCN(c4nc(C)ccc4[N+](=O)[O-])CC3)no2)c1. The van der Waals surface area contributed by atoms with E-state index in [2.05, 4.69) is 15.1 Å². The van der Waals surface area contributed by atoms with Gasteiger partial charge in [-0.3, -0.25) is 10.1 Å². The third-order valence-electron chi connectivity index (χ3n) is 4.99. The molecule has 3 heterocycles. The fraction of sp³-hybridized carbons (Fsp3) is 0.286. The number of ether oxygens (including phenoxy) is 1. The lowest BCUT2D eigenvalue weighted by molar-refractivity contribution is -0.384. The van der Waals surface area contributed by atoms with Gasteiger partial charge in [-0.05, 0) is 50.1 Å². The lowest BCUT2D eigenvalue weighted by atomic mass is 10.0. The quantitative estimate of drug-likeness (QED) is 0.461. The number of pyridine rings is 1. The molecule has 4 rings (SSSR count). The fourth-order valence-electron chi connectivity index (χ4n) is 3.41. The summed E-state index contributed by atoms with van der Waals surface area (Å²) in [4.78, 5) is 21.8. The number of rotatable bonds is 5. The van der Waals surface area contributed by atoms with E-state index in [0.717, 1.165) is 29.8 Å². The molecule has 0 amide bonds. The van der Waals surface area contributed by atoms with Crippen molar-refractivity contribution in [3.05, 3.63) is 63.6 Å². The molecule has 3 aromatic rings. The normalized spacial score (nSPS) is 13.9. The minimum absolute atomic E-state index is 0.0362.